The molecule has 0 unspecified atom stereocenters. The second-order valence-corrected chi connectivity index (χ2v) is 7.47. The minimum Gasteiger partial charge on any atom is -0.466 e. The summed E-state index contributed by atoms with van der Waals surface area (Å²) >= 11 is 6.70. The molecule has 0 radical (unpaired) electrons. The number of carbonyl (C=O) groups is 2. The number of ether oxygens (including phenoxy) is 2. The molecule has 0 saturated heterocycles. The molecule has 142 valence electrons. The third-order valence-corrected chi connectivity index (χ3v) is 4.92. The van der Waals surface area contributed by atoms with Crippen LogP contribution in [0.2, 0.25) is 0 Å². The maximum atomic E-state index is 15.8. The van der Waals surface area contributed by atoms with Crippen molar-refractivity contribution in [3.05, 3.63) is 74.7 Å². The largest absolute Gasteiger partial charge is 0.466 e. The Morgan fingerprint density at radius 1 is 1.00 bits per heavy atom. The van der Waals surface area contributed by atoms with Gasteiger partial charge in [0, 0.05) is 8.95 Å². The fourth-order valence-corrected chi connectivity index (χ4v) is 3.46. The number of benzene rings is 2. The lowest BCUT2D eigenvalue weighted by Crippen LogP contribution is -2.48. The second-order valence-electron chi connectivity index (χ2n) is 5.64. The Morgan fingerprint density at radius 3 is 2.07 bits per heavy atom. The summed E-state index contributed by atoms with van der Waals surface area (Å²) in [5.74, 6) is -3.90. The van der Waals surface area contributed by atoms with Crippen LogP contribution < -0.4 is 0 Å². The number of allylic oxidation sites excluding steroid dienone is 1. The lowest BCUT2D eigenvalue weighted by Gasteiger charge is -2.27. The Balaban J connectivity index is 2.61. The van der Waals surface area contributed by atoms with Crippen LogP contribution in [0.5, 0.6) is 0 Å². The van der Waals surface area contributed by atoms with E-state index in [9.17, 15) is 9.59 Å². The molecule has 7 heteroatoms. The van der Waals surface area contributed by atoms with Gasteiger partial charge in [-0.1, -0.05) is 68.3 Å². The van der Waals surface area contributed by atoms with E-state index in [-0.39, 0.29) is 0 Å². The van der Waals surface area contributed by atoms with Gasteiger partial charge in [-0.15, -0.1) is 0 Å². The summed E-state index contributed by atoms with van der Waals surface area (Å²) in [6, 6.07) is 14.0. The summed E-state index contributed by atoms with van der Waals surface area (Å²) in [5.41, 5.74) is -1.86. The molecule has 0 bridgehead atoms. The Morgan fingerprint density at radius 2 is 1.56 bits per heavy atom. The molecule has 0 aliphatic heterocycles. The van der Waals surface area contributed by atoms with Gasteiger partial charge in [-0.3, -0.25) is 0 Å². The molecule has 0 N–H and O–H groups in total. The van der Waals surface area contributed by atoms with Crippen molar-refractivity contribution in [3.8, 4) is 0 Å². The summed E-state index contributed by atoms with van der Waals surface area (Å²) in [6.07, 6.45) is 3.09. The molecular weight excluding hydrogens is 483 g/mol. The molecule has 2 aromatic rings. The molecule has 0 aliphatic rings. The highest BCUT2D eigenvalue weighted by atomic mass is 79.9. The number of halogens is 3. The SMILES string of the molecule is COC(=O)C(F)(C(=O)OC)[C@H](/C=C/c1cccc(Br)c1)c1cccc(Br)c1. The number of esters is 2. The third-order valence-electron chi connectivity index (χ3n) is 3.93. The topological polar surface area (TPSA) is 52.6 Å². The molecule has 2 aromatic carbocycles. The number of rotatable bonds is 6. The minimum absolute atomic E-state index is 0.411. The Bertz CT molecular complexity index is 851. The van der Waals surface area contributed by atoms with Crippen LogP contribution in [-0.4, -0.2) is 31.8 Å². The van der Waals surface area contributed by atoms with Crippen molar-refractivity contribution < 1.29 is 23.5 Å². The van der Waals surface area contributed by atoms with Gasteiger partial charge >= 0.3 is 17.6 Å². The summed E-state index contributed by atoms with van der Waals surface area (Å²) in [6.45, 7) is 0. The van der Waals surface area contributed by atoms with E-state index in [4.69, 9.17) is 0 Å². The molecule has 0 amide bonds. The van der Waals surface area contributed by atoms with E-state index in [1.54, 1.807) is 30.3 Å². The number of hydrogen-bond acceptors (Lipinski definition) is 4. The van der Waals surface area contributed by atoms with Crippen molar-refractivity contribution >= 4 is 49.9 Å². The van der Waals surface area contributed by atoms with Gasteiger partial charge in [0.15, 0.2) is 0 Å². The average Bonchev–Trinajstić information content (AvgIpc) is 2.66. The van der Waals surface area contributed by atoms with Gasteiger partial charge in [-0.2, -0.15) is 0 Å². The van der Waals surface area contributed by atoms with Crippen molar-refractivity contribution in [2.24, 2.45) is 0 Å². The summed E-state index contributed by atoms with van der Waals surface area (Å²) < 4.78 is 26.5. The predicted molar refractivity (Wildman–Crippen MR) is 108 cm³/mol. The van der Waals surface area contributed by atoms with Crippen LogP contribution in [0.1, 0.15) is 17.0 Å². The van der Waals surface area contributed by atoms with Gasteiger partial charge in [0.25, 0.3) is 0 Å². The monoisotopic (exact) mass is 498 g/mol. The first-order valence-corrected chi connectivity index (χ1v) is 9.46. The van der Waals surface area contributed by atoms with Gasteiger partial charge in [-0.25, -0.2) is 14.0 Å². The van der Waals surface area contributed by atoms with E-state index in [1.165, 1.54) is 6.08 Å². The molecular formula is C20H17Br2FO4. The highest BCUT2D eigenvalue weighted by Crippen LogP contribution is 2.37. The highest BCUT2D eigenvalue weighted by molar-refractivity contribution is 9.10. The van der Waals surface area contributed by atoms with Crippen LogP contribution in [0, 0.1) is 0 Å². The maximum Gasteiger partial charge on any atom is 0.356 e. The van der Waals surface area contributed by atoms with Crippen LogP contribution in [0.4, 0.5) is 4.39 Å². The normalized spacial score (nSPS) is 12.6. The number of alkyl halides is 1. The van der Waals surface area contributed by atoms with Crippen LogP contribution >= 0.6 is 31.9 Å². The molecule has 0 aliphatic carbocycles. The Kier molecular flexibility index (Phi) is 7.33. The van der Waals surface area contributed by atoms with E-state index in [1.807, 2.05) is 24.3 Å². The summed E-state index contributed by atoms with van der Waals surface area (Å²) in [5, 5.41) is 0. The number of methoxy groups -OCH3 is 2. The zero-order chi connectivity index (χ0) is 20.0. The fraction of sp³-hybridized carbons (Fsp3) is 0.200. The maximum absolute atomic E-state index is 15.8. The van der Waals surface area contributed by atoms with E-state index in [0.717, 1.165) is 24.3 Å². The molecule has 0 fully saturated rings. The van der Waals surface area contributed by atoms with Gasteiger partial charge < -0.3 is 9.47 Å². The lowest BCUT2D eigenvalue weighted by molar-refractivity contribution is -0.172. The highest BCUT2D eigenvalue weighted by Gasteiger charge is 2.55. The first kappa shape index (κ1) is 21.3. The van der Waals surface area contributed by atoms with E-state index < -0.39 is 23.5 Å². The molecule has 27 heavy (non-hydrogen) atoms. The van der Waals surface area contributed by atoms with Crippen LogP contribution in [0.15, 0.2) is 63.6 Å². The van der Waals surface area contributed by atoms with Crippen LogP contribution in [-0.2, 0) is 19.1 Å². The third kappa shape index (κ3) is 4.84. The molecule has 0 heterocycles. The van der Waals surface area contributed by atoms with Gasteiger partial charge in [-0.05, 0) is 35.4 Å². The van der Waals surface area contributed by atoms with E-state index in [0.29, 0.717) is 10.0 Å². The number of hydrogen-bond donors (Lipinski definition) is 0. The van der Waals surface area contributed by atoms with Gasteiger partial charge in [0.05, 0.1) is 20.1 Å². The molecule has 4 nitrogen and oxygen atoms in total. The first-order valence-electron chi connectivity index (χ1n) is 7.88. The van der Waals surface area contributed by atoms with E-state index in [2.05, 4.69) is 41.3 Å². The second kappa shape index (κ2) is 9.28. The molecule has 0 spiro atoms. The van der Waals surface area contributed by atoms with Gasteiger partial charge in [0.1, 0.15) is 0 Å². The quantitative estimate of drug-likeness (QED) is 0.411. The first-order chi connectivity index (χ1) is 12.8. The van der Waals surface area contributed by atoms with Crippen molar-refractivity contribution in [1.29, 1.82) is 0 Å². The molecule has 0 saturated carbocycles. The van der Waals surface area contributed by atoms with Crippen molar-refractivity contribution in [3.63, 3.8) is 0 Å². The lowest BCUT2D eigenvalue weighted by atomic mass is 9.82. The van der Waals surface area contributed by atoms with Crippen molar-refractivity contribution in [2.45, 2.75) is 11.6 Å². The van der Waals surface area contributed by atoms with E-state index >= 15 is 4.39 Å². The summed E-state index contributed by atoms with van der Waals surface area (Å²) in [4.78, 5) is 24.5. The van der Waals surface area contributed by atoms with Crippen LogP contribution in [0.3, 0.4) is 0 Å². The predicted octanol–water partition coefficient (Wildman–Crippen LogP) is 5.06. The summed E-state index contributed by atoms with van der Waals surface area (Å²) in [7, 11) is 2.05. The fourth-order valence-electron chi connectivity index (χ4n) is 2.63. The minimum atomic E-state index is -3.03. The van der Waals surface area contributed by atoms with Crippen molar-refractivity contribution in [2.75, 3.05) is 14.2 Å². The van der Waals surface area contributed by atoms with Crippen LogP contribution in [0.25, 0.3) is 6.08 Å². The smallest absolute Gasteiger partial charge is 0.356 e. The Hall–Kier alpha value is -1.99. The molecule has 0 aromatic heterocycles. The van der Waals surface area contributed by atoms with Gasteiger partial charge in [0.2, 0.25) is 0 Å². The average molecular weight is 500 g/mol. The zero-order valence-electron chi connectivity index (χ0n) is 14.6. The Labute approximate surface area is 173 Å². The van der Waals surface area contributed by atoms with Crippen molar-refractivity contribution in [1.82, 2.24) is 0 Å². The number of carbonyl (C=O) groups excluding carboxylic acids is 2. The zero-order valence-corrected chi connectivity index (χ0v) is 17.8. The molecule has 2 rings (SSSR count). The standard InChI is InChI=1S/C20H17Br2FO4/c1-26-18(24)20(23,19(25)27-2)17(14-6-4-8-16(22)12-14)10-9-13-5-3-7-15(21)11-13/h3-12,17H,1-2H3/b10-9+/t17-/m1/s1. The molecule has 1 atom stereocenters.